The normalized spacial score (nSPS) is 21.1. The SMILES string of the molecule is CCCCCO/N=C(/C(=O)NC1C(=O)N2C(C(=O)O)=CCS[C@H]12)c1csc(N)n1. The monoisotopic (exact) mass is 439 g/mol. The Kier molecular flexibility index (Phi) is 6.75. The number of rotatable bonds is 9. The summed E-state index contributed by atoms with van der Waals surface area (Å²) in [6.07, 6.45) is 4.28. The molecule has 1 fully saturated rings. The summed E-state index contributed by atoms with van der Waals surface area (Å²) in [7, 11) is 0. The van der Waals surface area contributed by atoms with Gasteiger partial charge in [-0.2, -0.15) is 0 Å². The number of carboxylic acid groups (broad SMARTS) is 1. The Bertz CT molecular complexity index is 868. The second-order valence-electron chi connectivity index (χ2n) is 6.33. The zero-order chi connectivity index (χ0) is 21.0. The van der Waals surface area contributed by atoms with Crippen LogP contribution in [0.5, 0.6) is 0 Å². The van der Waals surface area contributed by atoms with Gasteiger partial charge in [-0.25, -0.2) is 9.78 Å². The number of aliphatic carboxylic acids is 1. The van der Waals surface area contributed by atoms with Crippen molar-refractivity contribution in [3.05, 3.63) is 22.8 Å². The third kappa shape index (κ3) is 4.53. The number of hydrogen-bond acceptors (Lipinski definition) is 9. The van der Waals surface area contributed by atoms with E-state index in [9.17, 15) is 19.5 Å². The molecule has 1 aromatic rings. The van der Waals surface area contributed by atoms with Crippen molar-refractivity contribution in [3.8, 4) is 0 Å². The number of nitrogens with zero attached hydrogens (tertiary/aromatic N) is 3. The highest BCUT2D eigenvalue weighted by molar-refractivity contribution is 8.00. The highest BCUT2D eigenvalue weighted by Gasteiger charge is 2.53. The number of hydrogen-bond donors (Lipinski definition) is 3. The zero-order valence-electron chi connectivity index (χ0n) is 15.7. The fourth-order valence-electron chi connectivity index (χ4n) is 2.88. The van der Waals surface area contributed by atoms with Crippen molar-refractivity contribution in [1.29, 1.82) is 0 Å². The second kappa shape index (κ2) is 9.27. The maximum absolute atomic E-state index is 12.8. The molecule has 0 radical (unpaired) electrons. The summed E-state index contributed by atoms with van der Waals surface area (Å²) in [6.45, 7) is 2.42. The minimum Gasteiger partial charge on any atom is -0.477 e. The third-order valence-corrected chi connectivity index (χ3v) is 6.18. The molecule has 29 heavy (non-hydrogen) atoms. The average Bonchev–Trinajstić information content (AvgIpc) is 3.13. The molecule has 2 atom stereocenters. The van der Waals surface area contributed by atoms with Crippen LogP contribution in [0.15, 0.2) is 22.3 Å². The van der Waals surface area contributed by atoms with Gasteiger partial charge < -0.3 is 21.0 Å². The number of β-lactam (4-membered cyclic amide) rings is 1. The smallest absolute Gasteiger partial charge is 0.352 e. The molecule has 1 unspecified atom stereocenters. The van der Waals surface area contributed by atoms with Gasteiger partial charge in [0.05, 0.1) is 0 Å². The van der Waals surface area contributed by atoms with Gasteiger partial charge in [-0.15, -0.1) is 23.1 Å². The van der Waals surface area contributed by atoms with Gasteiger partial charge in [0.1, 0.15) is 29.4 Å². The number of carbonyl (C=O) groups excluding carboxylic acids is 2. The molecule has 0 aromatic carbocycles. The van der Waals surface area contributed by atoms with Crippen molar-refractivity contribution in [1.82, 2.24) is 15.2 Å². The fourth-order valence-corrected chi connectivity index (χ4v) is 4.62. The number of fused-ring (bicyclic) bond motifs is 1. The van der Waals surface area contributed by atoms with Crippen LogP contribution in [-0.4, -0.2) is 62.3 Å². The van der Waals surface area contributed by atoms with Crippen LogP contribution in [0, 0.1) is 0 Å². The van der Waals surface area contributed by atoms with Crippen LogP contribution >= 0.6 is 23.1 Å². The molecular weight excluding hydrogens is 418 g/mol. The molecule has 156 valence electrons. The van der Waals surface area contributed by atoms with E-state index in [-0.39, 0.29) is 22.2 Å². The molecule has 12 heteroatoms. The number of carboxylic acids is 1. The molecule has 0 aliphatic carbocycles. The van der Waals surface area contributed by atoms with Gasteiger partial charge in [0.2, 0.25) is 0 Å². The Balaban J connectivity index is 1.70. The highest BCUT2D eigenvalue weighted by Crippen LogP contribution is 2.37. The van der Waals surface area contributed by atoms with Gasteiger partial charge in [-0.1, -0.05) is 24.9 Å². The molecule has 3 heterocycles. The number of nitrogens with one attached hydrogen (secondary N) is 1. The van der Waals surface area contributed by atoms with Crippen molar-refractivity contribution < 1.29 is 24.3 Å². The Labute approximate surface area is 175 Å². The molecule has 0 bridgehead atoms. The van der Waals surface area contributed by atoms with Crippen LogP contribution in [0.2, 0.25) is 0 Å². The van der Waals surface area contributed by atoms with Crippen molar-refractivity contribution in [2.45, 2.75) is 37.6 Å². The number of thiazole rings is 1. The summed E-state index contributed by atoms with van der Waals surface area (Å²) < 4.78 is 0. The summed E-state index contributed by atoms with van der Waals surface area (Å²) in [5, 5.41) is 17.2. The molecule has 3 rings (SSSR count). The van der Waals surface area contributed by atoms with Gasteiger partial charge in [-0.05, 0) is 12.5 Å². The molecule has 10 nitrogen and oxygen atoms in total. The van der Waals surface area contributed by atoms with Crippen LogP contribution in [-0.2, 0) is 19.2 Å². The number of nitrogens with two attached hydrogens (primary N) is 1. The summed E-state index contributed by atoms with van der Waals surface area (Å²) in [6, 6.07) is -0.850. The van der Waals surface area contributed by atoms with E-state index >= 15 is 0 Å². The van der Waals surface area contributed by atoms with Crippen molar-refractivity contribution >= 4 is 51.7 Å². The number of nitrogen functional groups attached to an aromatic ring is 1. The lowest BCUT2D eigenvalue weighted by Crippen LogP contribution is -2.70. The summed E-state index contributed by atoms with van der Waals surface area (Å²) in [4.78, 5) is 47.0. The molecule has 1 aromatic heterocycles. The van der Waals surface area contributed by atoms with E-state index in [4.69, 9.17) is 10.6 Å². The molecule has 0 spiro atoms. The predicted octanol–water partition coefficient (Wildman–Crippen LogP) is 1.00. The molecule has 2 aliphatic heterocycles. The van der Waals surface area contributed by atoms with Crippen LogP contribution in [0.1, 0.15) is 31.9 Å². The maximum atomic E-state index is 12.8. The predicted molar refractivity (Wildman–Crippen MR) is 109 cm³/mol. The van der Waals surface area contributed by atoms with Gasteiger partial charge in [0.25, 0.3) is 11.8 Å². The van der Waals surface area contributed by atoms with Crippen molar-refractivity contribution in [3.63, 3.8) is 0 Å². The second-order valence-corrected chi connectivity index (χ2v) is 8.37. The Hall–Kier alpha value is -2.60. The van der Waals surface area contributed by atoms with E-state index in [2.05, 4.69) is 22.4 Å². The molecule has 4 N–H and O–H groups in total. The quantitative estimate of drug-likeness (QED) is 0.223. The first-order valence-corrected chi connectivity index (χ1v) is 11.0. The van der Waals surface area contributed by atoms with Gasteiger partial charge in [-0.3, -0.25) is 14.5 Å². The van der Waals surface area contributed by atoms with Crippen LogP contribution in [0.25, 0.3) is 0 Å². The highest BCUT2D eigenvalue weighted by atomic mass is 32.2. The number of aromatic nitrogens is 1. The lowest BCUT2D eigenvalue weighted by molar-refractivity contribution is -0.150. The molecule has 1 saturated heterocycles. The van der Waals surface area contributed by atoms with E-state index < -0.39 is 29.2 Å². The van der Waals surface area contributed by atoms with Crippen molar-refractivity contribution in [2.24, 2.45) is 5.16 Å². The minimum atomic E-state index is -1.17. The molecule has 0 saturated carbocycles. The van der Waals surface area contributed by atoms with Crippen molar-refractivity contribution in [2.75, 3.05) is 18.1 Å². The van der Waals surface area contributed by atoms with Gasteiger partial charge in [0.15, 0.2) is 10.8 Å². The number of carbonyl (C=O) groups is 3. The van der Waals surface area contributed by atoms with Crippen LogP contribution in [0.4, 0.5) is 5.13 Å². The first kappa shape index (κ1) is 21.1. The van der Waals surface area contributed by atoms with E-state index in [0.717, 1.165) is 30.6 Å². The maximum Gasteiger partial charge on any atom is 0.352 e. The van der Waals surface area contributed by atoms with E-state index in [0.29, 0.717) is 12.4 Å². The molecular formula is C17H21N5O5S2. The lowest BCUT2D eigenvalue weighted by atomic mass is 10.0. The summed E-state index contributed by atoms with van der Waals surface area (Å²) in [5.41, 5.74) is 5.77. The Morgan fingerprint density at radius 2 is 2.28 bits per heavy atom. The average molecular weight is 440 g/mol. The largest absolute Gasteiger partial charge is 0.477 e. The summed E-state index contributed by atoms with van der Waals surface area (Å²) >= 11 is 2.53. The Morgan fingerprint density at radius 1 is 1.48 bits per heavy atom. The van der Waals surface area contributed by atoms with E-state index in [1.54, 1.807) is 5.38 Å². The van der Waals surface area contributed by atoms with Crippen LogP contribution in [0.3, 0.4) is 0 Å². The third-order valence-electron chi connectivity index (χ3n) is 4.33. The number of unbranched alkanes of at least 4 members (excludes halogenated alkanes) is 2. The zero-order valence-corrected chi connectivity index (χ0v) is 17.3. The molecule has 2 aliphatic rings. The van der Waals surface area contributed by atoms with Gasteiger partial charge >= 0.3 is 5.97 Å². The fraction of sp³-hybridized carbons (Fsp3) is 0.471. The van der Waals surface area contributed by atoms with E-state index in [1.165, 1.54) is 22.7 Å². The van der Waals surface area contributed by atoms with Crippen LogP contribution < -0.4 is 11.1 Å². The number of anilines is 1. The summed E-state index contributed by atoms with van der Waals surface area (Å²) in [5.74, 6) is -1.85. The standard InChI is InChI=1S/C17H21N5O5S2/c1-2-3-4-6-27-21-11(9-8-29-17(18)19-9)13(23)20-12-14(24)22-10(16(25)26)5-7-28-15(12)22/h5,8,12,15H,2-4,6-7H2,1H3,(H2,18,19)(H,20,23)(H,25,26)/b21-11+/t12?,15-/m1/s1. The van der Waals surface area contributed by atoms with Gasteiger partial charge in [0, 0.05) is 11.1 Å². The minimum absolute atomic E-state index is 0.0651. The molecule has 2 amide bonds. The number of oxime groups is 1. The van der Waals surface area contributed by atoms with E-state index in [1.807, 2.05) is 0 Å². The number of thioether (sulfide) groups is 1. The number of amides is 2. The Morgan fingerprint density at radius 3 is 2.93 bits per heavy atom. The first-order valence-electron chi connectivity index (χ1n) is 9.04. The topological polar surface area (TPSA) is 147 Å². The first-order chi connectivity index (χ1) is 13.9. The lowest BCUT2D eigenvalue weighted by Gasteiger charge is -2.48.